The monoisotopic (exact) mass is 204 g/mol. The van der Waals surface area contributed by atoms with Gasteiger partial charge in [0.15, 0.2) is 0 Å². The van der Waals surface area contributed by atoms with Crippen molar-refractivity contribution in [3.8, 4) is 0 Å². The Labute approximate surface area is 83.3 Å². The molecule has 0 radical (unpaired) electrons. The van der Waals surface area contributed by atoms with E-state index in [0.29, 0.717) is 0 Å². The number of hydrogen-bond donors (Lipinski definition) is 1. The first-order valence-corrected chi connectivity index (χ1v) is 6.17. The van der Waals surface area contributed by atoms with E-state index in [1.807, 2.05) is 12.2 Å². The quantitative estimate of drug-likeness (QED) is 0.483. The maximum Gasteiger partial charge on any atom is 0.0721 e. The lowest BCUT2D eigenvalue weighted by Gasteiger charge is -2.07. The fourth-order valence-corrected chi connectivity index (χ4v) is 2.16. The fourth-order valence-electron chi connectivity index (χ4n) is 0.623. The van der Waals surface area contributed by atoms with Gasteiger partial charge in [0.1, 0.15) is 0 Å². The summed E-state index contributed by atoms with van der Waals surface area (Å²) in [6.07, 6.45) is 3.52. The summed E-state index contributed by atoms with van der Waals surface area (Å²) in [7, 11) is 0. The van der Waals surface area contributed by atoms with Crippen LogP contribution in [0, 0.1) is 0 Å². The Morgan fingerprint density at radius 2 is 1.50 bits per heavy atom. The van der Waals surface area contributed by atoms with Crippen molar-refractivity contribution in [2.45, 2.75) is 6.10 Å². The minimum atomic E-state index is -0.195. The van der Waals surface area contributed by atoms with Crippen molar-refractivity contribution in [2.24, 2.45) is 0 Å². The van der Waals surface area contributed by atoms with Crippen LogP contribution in [0.1, 0.15) is 0 Å². The van der Waals surface area contributed by atoms with Crippen molar-refractivity contribution in [1.29, 1.82) is 0 Å². The third kappa shape index (κ3) is 8.24. The van der Waals surface area contributed by atoms with E-state index in [9.17, 15) is 5.11 Å². The summed E-state index contributed by atoms with van der Waals surface area (Å²) >= 11 is 3.42. The number of aliphatic hydroxyl groups excluding tert-OH is 1. The Morgan fingerprint density at radius 3 is 1.83 bits per heavy atom. The van der Waals surface area contributed by atoms with Crippen molar-refractivity contribution in [3.05, 3.63) is 25.3 Å². The highest BCUT2D eigenvalue weighted by molar-refractivity contribution is 8.00. The first kappa shape index (κ1) is 12.1. The molecule has 3 heteroatoms. The van der Waals surface area contributed by atoms with E-state index >= 15 is 0 Å². The van der Waals surface area contributed by atoms with Crippen molar-refractivity contribution in [3.63, 3.8) is 0 Å². The van der Waals surface area contributed by atoms with Gasteiger partial charge >= 0.3 is 0 Å². The molecule has 0 aliphatic rings. The van der Waals surface area contributed by atoms with Crippen LogP contribution in [-0.4, -0.2) is 34.2 Å². The molecule has 70 valence electrons. The van der Waals surface area contributed by atoms with Gasteiger partial charge in [0, 0.05) is 23.0 Å². The van der Waals surface area contributed by atoms with Gasteiger partial charge in [-0.25, -0.2) is 0 Å². The van der Waals surface area contributed by atoms with Gasteiger partial charge in [-0.3, -0.25) is 0 Å². The summed E-state index contributed by atoms with van der Waals surface area (Å²) in [4.78, 5) is 0. The lowest BCUT2D eigenvalue weighted by molar-refractivity contribution is 0.225. The average Bonchev–Trinajstić information content (AvgIpc) is 2.06. The molecule has 0 fully saturated rings. The highest BCUT2D eigenvalue weighted by Gasteiger charge is 2.02. The van der Waals surface area contributed by atoms with E-state index < -0.39 is 0 Å². The van der Waals surface area contributed by atoms with Crippen LogP contribution in [0.2, 0.25) is 0 Å². The van der Waals surface area contributed by atoms with Gasteiger partial charge < -0.3 is 5.11 Å². The van der Waals surface area contributed by atoms with Gasteiger partial charge in [-0.1, -0.05) is 12.2 Å². The number of aliphatic hydroxyl groups is 1. The van der Waals surface area contributed by atoms with Gasteiger partial charge in [-0.2, -0.15) is 23.5 Å². The second kappa shape index (κ2) is 9.23. The molecule has 0 aliphatic carbocycles. The van der Waals surface area contributed by atoms with Crippen LogP contribution >= 0.6 is 23.5 Å². The molecule has 0 rings (SSSR count). The van der Waals surface area contributed by atoms with E-state index in [-0.39, 0.29) is 6.10 Å². The Bertz CT molecular complexity index is 112. The summed E-state index contributed by atoms with van der Waals surface area (Å²) < 4.78 is 0. The number of rotatable bonds is 8. The fraction of sp³-hybridized carbons (Fsp3) is 0.556. The number of hydrogen-bond acceptors (Lipinski definition) is 3. The third-order valence-corrected chi connectivity index (χ3v) is 3.28. The summed E-state index contributed by atoms with van der Waals surface area (Å²) in [6, 6.07) is 0. The predicted octanol–water partition coefficient (Wildman–Crippen LogP) is 2.19. The van der Waals surface area contributed by atoms with E-state index in [2.05, 4.69) is 13.2 Å². The van der Waals surface area contributed by atoms with Crippen LogP contribution in [0.25, 0.3) is 0 Å². The molecule has 0 atom stereocenters. The van der Waals surface area contributed by atoms with Crippen LogP contribution in [0.5, 0.6) is 0 Å². The minimum Gasteiger partial charge on any atom is -0.391 e. The lowest BCUT2D eigenvalue weighted by atomic mass is 10.5. The van der Waals surface area contributed by atoms with E-state index in [1.54, 1.807) is 23.5 Å². The zero-order valence-electron chi connectivity index (χ0n) is 7.24. The van der Waals surface area contributed by atoms with Crippen molar-refractivity contribution in [2.75, 3.05) is 23.0 Å². The molecule has 0 heterocycles. The van der Waals surface area contributed by atoms with E-state index in [0.717, 1.165) is 23.0 Å². The molecule has 0 amide bonds. The van der Waals surface area contributed by atoms with Crippen molar-refractivity contribution >= 4 is 23.5 Å². The molecule has 0 aliphatic heterocycles. The Morgan fingerprint density at radius 1 is 1.08 bits per heavy atom. The standard InChI is InChI=1S/C9H16OS2/c1-3-5-11-7-9(10)8-12-6-4-2/h3-4,9-10H,1-2,5-8H2. The maximum atomic E-state index is 9.39. The molecule has 1 nitrogen and oxygen atoms in total. The van der Waals surface area contributed by atoms with E-state index in [4.69, 9.17) is 0 Å². The minimum absolute atomic E-state index is 0.195. The van der Waals surface area contributed by atoms with Gasteiger partial charge in [-0.15, -0.1) is 13.2 Å². The predicted molar refractivity (Wildman–Crippen MR) is 61.1 cm³/mol. The van der Waals surface area contributed by atoms with Crippen LogP contribution < -0.4 is 0 Å². The molecular weight excluding hydrogens is 188 g/mol. The largest absolute Gasteiger partial charge is 0.391 e. The second-order valence-corrected chi connectivity index (χ2v) is 4.46. The van der Waals surface area contributed by atoms with Crippen LogP contribution in [-0.2, 0) is 0 Å². The van der Waals surface area contributed by atoms with Crippen LogP contribution in [0.3, 0.4) is 0 Å². The van der Waals surface area contributed by atoms with Crippen molar-refractivity contribution in [1.82, 2.24) is 0 Å². The molecule has 0 saturated carbocycles. The molecule has 0 spiro atoms. The Kier molecular flexibility index (Phi) is 9.34. The van der Waals surface area contributed by atoms with Crippen LogP contribution in [0.15, 0.2) is 25.3 Å². The molecule has 0 unspecified atom stereocenters. The molecule has 0 aromatic heterocycles. The van der Waals surface area contributed by atoms with Gasteiger partial charge in [0.05, 0.1) is 6.10 Å². The Balaban J connectivity index is 3.14. The van der Waals surface area contributed by atoms with Crippen molar-refractivity contribution < 1.29 is 5.11 Å². The van der Waals surface area contributed by atoms with Gasteiger partial charge in [0.25, 0.3) is 0 Å². The molecular formula is C9H16OS2. The highest BCUT2D eigenvalue weighted by Crippen LogP contribution is 2.08. The summed E-state index contributed by atoms with van der Waals surface area (Å²) in [5, 5.41) is 9.39. The number of thioether (sulfide) groups is 2. The molecule has 0 aromatic carbocycles. The molecule has 0 bridgehead atoms. The lowest BCUT2D eigenvalue weighted by Crippen LogP contribution is -2.13. The second-order valence-electron chi connectivity index (χ2n) is 2.31. The van der Waals surface area contributed by atoms with Gasteiger partial charge in [0.2, 0.25) is 0 Å². The highest BCUT2D eigenvalue weighted by atomic mass is 32.2. The normalized spacial score (nSPS) is 10.2. The SMILES string of the molecule is C=CCSCC(O)CSCC=C. The zero-order chi connectivity index (χ0) is 9.23. The summed E-state index contributed by atoms with van der Waals surface area (Å²) in [6.45, 7) is 7.22. The summed E-state index contributed by atoms with van der Waals surface area (Å²) in [5.74, 6) is 3.44. The Hall–Kier alpha value is 0.140. The van der Waals surface area contributed by atoms with Gasteiger partial charge in [-0.05, 0) is 0 Å². The smallest absolute Gasteiger partial charge is 0.0721 e. The molecule has 0 saturated heterocycles. The molecule has 12 heavy (non-hydrogen) atoms. The first-order valence-electron chi connectivity index (χ1n) is 3.86. The third-order valence-electron chi connectivity index (χ3n) is 1.09. The average molecular weight is 204 g/mol. The van der Waals surface area contributed by atoms with Crippen LogP contribution in [0.4, 0.5) is 0 Å². The molecule has 0 aromatic rings. The maximum absolute atomic E-state index is 9.39. The first-order chi connectivity index (χ1) is 5.81. The van der Waals surface area contributed by atoms with E-state index in [1.165, 1.54) is 0 Å². The zero-order valence-corrected chi connectivity index (χ0v) is 8.87. The molecule has 1 N–H and O–H groups in total. The topological polar surface area (TPSA) is 20.2 Å². The summed E-state index contributed by atoms with van der Waals surface area (Å²) in [5.41, 5.74) is 0.